The minimum atomic E-state index is -1.69. The SMILES string of the molecule is COc1ccc(CNc2ncnc3c2ncn3[C@@H]2O[C@H](CO)[C@@H](F)[C@H]2O)cc1. The van der Waals surface area contributed by atoms with Crippen molar-refractivity contribution in [3.8, 4) is 5.75 Å². The number of ether oxygens (including phenoxy) is 2. The number of aliphatic hydroxyl groups excluding tert-OH is 2. The molecule has 1 aromatic carbocycles. The molecule has 3 aromatic rings. The summed E-state index contributed by atoms with van der Waals surface area (Å²) in [5.41, 5.74) is 1.88. The van der Waals surface area contributed by atoms with Crippen LogP contribution in [0.25, 0.3) is 11.2 Å². The fourth-order valence-electron chi connectivity index (χ4n) is 3.18. The Balaban J connectivity index is 1.56. The molecule has 0 aliphatic carbocycles. The van der Waals surface area contributed by atoms with E-state index in [0.717, 1.165) is 11.3 Å². The van der Waals surface area contributed by atoms with Gasteiger partial charge in [-0.3, -0.25) is 4.57 Å². The smallest absolute Gasteiger partial charge is 0.167 e. The van der Waals surface area contributed by atoms with E-state index >= 15 is 0 Å². The van der Waals surface area contributed by atoms with Gasteiger partial charge in [0.1, 0.15) is 24.3 Å². The van der Waals surface area contributed by atoms with E-state index < -0.39 is 31.2 Å². The molecule has 9 nitrogen and oxygen atoms in total. The van der Waals surface area contributed by atoms with Crippen LogP contribution >= 0.6 is 0 Å². The molecule has 3 N–H and O–H groups in total. The Labute approximate surface area is 159 Å². The van der Waals surface area contributed by atoms with Gasteiger partial charge in [-0.2, -0.15) is 0 Å². The second-order valence-electron chi connectivity index (χ2n) is 6.43. The van der Waals surface area contributed by atoms with Crippen molar-refractivity contribution in [1.82, 2.24) is 19.5 Å². The zero-order valence-electron chi connectivity index (χ0n) is 15.1. The van der Waals surface area contributed by atoms with E-state index in [9.17, 15) is 14.6 Å². The van der Waals surface area contributed by atoms with Crippen LogP contribution in [0.4, 0.5) is 10.2 Å². The van der Waals surface area contributed by atoms with Gasteiger partial charge in [0.15, 0.2) is 29.4 Å². The predicted molar refractivity (Wildman–Crippen MR) is 97.5 cm³/mol. The molecule has 1 aliphatic heterocycles. The van der Waals surface area contributed by atoms with Crippen LogP contribution in [0, 0.1) is 0 Å². The molecule has 2 aromatic heterocycles. The first-order valence-electron chi connectivity index (χ1n) is 8.75. The molecule has 4 atom stereocenters. The molecule has 1 fully saturated rings. The number of hydrogen-bond acceptors (Lipinski definition) is 8. The third-order valence-corrected chi connectivity index (χ3v) is 4.72. The molecule has 0 amide bonds. The first kappa shape index (κ1) is 18.5. The minimum Gasteiger partial charge on any atom is -0.497 e. The largest absolute Gasteiger partial charge is 0.497 e. The van der Waals surface area contributed by atoms with Gasteiger partial charge in [-0.1, -0.05) is 12.1 Å². The minimum absolute atomic E-state index is 0.391. The molecule has 3 heterocycles. The Kier molecular flexibility index (Phi) is 5.07. The molecule has 0 spiro atoms. The van der Waals surface area contributed by atoms with Gasteiger partial charge in [0.05, 0.1) is 20.0 Å². The topological polar surface area (TPSA) is 115 Å². The summed E-state index contributed by atoms with van der Waals surface area (Å²) in [6.45, 7) is -0.0182. The van der Waals surface area contributed by atoms with Crippen LogP contribution < -0.4 is 10.1 Å². The van der Waals surface area contributed by atoms with Gasteiger partial charge in [0.2, 0.25) is 0 Å². The standard InChI is InChI=1S/C18H20FN5O4/c1-27-11-4-2-10(3-5-11)6-20-16-14-17(22-8-21-16)24(9-23-14)18-15(26)13(19)12(7-25)28-18/h2-5,8-9,12-13,15,18,25-26H,6-7H2,1H3,(H,20,21,22)/t12-,13-,15-,18-/m1/s1. The summed E-state index contributed by atoms with van der Waals surface area (Å²) < 4.78 is 26.1. The van der Waals surface area contributed by atoms with E-state index in [1.165, 1.54) is 17.2 Å². The summed E-state index contributed by atoms with van der Waals surface area (Å²) in [5, 5.41) is 22.5. The van der Waals surface area contributed by atoms with Crippen molar-refractivity contribution in [2.45, 2.75) is 31.2 Å². The second-order valence-corrected chi connectivity index (χ2v) is 6.43. The lowest BCUT2D eigenvalue weighted by molar-refractivity contribution is -0.0495. The number of alkyl halides is 1. The van der Waals surface area contributed by atoms with Crippen LogP contribution in [-0.2, 0) is 11.3 Å². The lowest BCUT2D eigenvalue weighted by Crippen LogP contribution is -2.29. The molecule has 0 radical (unpaired) electrons. The van der Waals surface area contributed by atoms with Crippen molar-refractivity contribution < 1.29 is 24.1 Å². The zero-order chi connectivity index (χ0) is 19.7. The Hall–Kier alpha value is -2.82. The summed E-state index contributed by atoms with van der Waals surface area (Å²) >= 11 is 0. The number of nitrogens with zero attached hydrogens (tertiary/aromatic N) is 4. The van der Waals surface area contributed by atoms with Crippen molar-refractivity contribution in [1.29, 1.82) is 0 Å². The van der Waals surface area contributed by atoms with Gasteiger partial charge in [0.25, 0.3) is 0 Å². The summed E-state index contributed by atoms with van der Waals surface area (Å²) in [7, 11) is 1.61. The lowest BCUT2D eigenvalue weighted by Gasteiger charge is -2.16. The van der Waals surface area contributed by atoms with Gasteiger partial charge in [-0.15, -0.1) is 0 Å². The Bertz CT molecular complexity index is 951. The number of methoxy groups -OCH3 is 1. The normalized spacial score (nSPS) is 24.6. The van der Waals surface area contributed by atoms with Crippen molar-refractivity contribution in [3.63, 3.8) is 0 Å². The molecule has 28 heavy (non-hydrogen) atoms. The molecule has 10 heteroatoms. The molecular formula is C18H20FN5O4. The van der Waals surface area contributed by atoms with Gasteiger partial charge in [-0.25, -0.2) is 19.3 Å². The zero-order valence-corrected chi connectivity index (χ0v) is 15.1. The van der Waals surface area contributed by atoms with E-state index in [0.29, 0.717) is 23.5 Å². The summed E-state index contributed by atoms with van der Waals surface area (Å²) in [6, 6.07) is 7.60. The summed E-state index contributed by atoms with van der Waals surface area (Å²) in [6.07, 6.45) is -2.47. The highest BCUT2D eigenvalue weighted by molar-refractivity contribution is 5.82. The maximum Gasteiger partial charge on any atom is 0.167 e. The fourth-order valence-corrected chi connectivity index (χ4v) is 3.18. The maximum atomic E-state index is 14.0. The maximum absolute atomic E-state index is 14.0. The van der Waals surface area contributed by atoms with E-state index in [1.807, 2.05) is 24.3 Å². The third kappa shape index (κ3) is 3.26. The van der Waals surface area contributed by atoms with Crippen LogP contribution in [-0.4, -0.2) is 61.8 Å². The van der Waals surface area contributed by atoms with E-state index in [2.05, 4.69) is 20.3 Å². The van der Waals surface area contributed by atoms with Gasteiger partial charge in [-0.05, 0) is 17.7 Å². The highest BCUT2D eigenvalue weighted by atomic mass is 19.1. The van der Waals surface area contributed by atoms with E-state index in [4.69, 9.17) is 9.47 Å². The molecule has 148 valence electrons. The number of benzene rings is 1. The lowest BCUT2D eigenvalue weighted by atomic mass is 10.1. The number of anilines is 1. The molecule has 1 saturated heterocycles. The third-order valence-electron chi connectivity index (χ3n) is 4.72. The first-order chi connectivity index (χ1) is 13.6. The number of aliphatic hydroxyl groups is 2. The number of imidazole rings is 1. The van der Waals surface area contributed by atoms with Crippen molar-refractivity contribution in [3.05, 3.63) is 42.5 Å². The number of halogens is 1. The van der Waals surface area contributed by atoms with Crippen LogP contribution in [0.2, 0.25) is 0 Å². The first-order valence-corrected chi connectivity index (χ1v) is 8.75. The van der Waals surface area contributed by atoms with Crippen LogP contribution in [0.3, 0.4) is 0 Å². The molecule has 0 unspecified atom stereocenters. The fraction of sp³-hybridized carbons (Fsp3) is 0.389. The number of nitrogens with one attached hydrogen (secondary N) is 1. The predicted octanol–water partition coefficient (Wildman–Crippen LogP) is 1.04. The molecular weight excluding hydrogens is 369 g/mol. The van der Waals surface area contributed by atoms with Gasteiger partial charge >= 0.3 is 0 Å². The van der Waals surface area contributed by atoms with E-state index in [-0.39, 0.29) is 0 Å². The molecule has 4 rings (SSSR count). The van der Waals surface area contributed by atoms with Crippen molar-refractivity contribution in [2.75, 3.05) is 19.0 Å². The van der Waals surface area contributed by atoms with Crippen LogP contribution in [0.1, 0.15) is 11.8 Å². The monoisotopic (exact) mass is 389 g/mol. The summed E-state index contributed by atoms with van der Waals surface area (Å²) in [5.74, 6) is 1.27. The number of rotatable bonds is 6. The second kappa shape index (κ2) is 7.66. The number of hydrogen-bond donors (Lipinski definition) is 3. The highest BCUT2D eigenvalue weighted by Crippen LogP contribution is 2.33. The van der Waals surface area contributed by atoms with Crippen molar-refractivity contribution in [2.24, 2.45) is 0 Å². The van der Waals surface area contributed by atoms with Gasteiger partial charge < -0.3 is 25.0 Å². The highest BCUT2D eigenvalue weighted by Gasteiger charge is 2.45. The Morgan fingerprint density at radius 3 is 2.71 bits per heavy atom. The van der Waals surface area contributed by atoms with Crippen molar-refractivity contribution >= 4 is 17.0 Å². The molecule has 0 bridgehead atoms. The van der Waals surface area contributed by atoms with E-state index in [1.54, 1.807) is 7.11 Å². The summed E-state index contributed by atoms with van der Waals surface area (Å²) in [4.78, 5) is 12.7. The quantitative estimate of drug-likeness (QED) is 0.573. The Morgan fingerprint density at radius 2 is 2.04 bits per heavy atom. The average Bonchev–Trinajstić information content (AvgIpc) is 3.28. The molecule has 0 saturated carbocycles. The van der Waals surface area contributed by atoms with Crippen LogP contribution in [0.15, 0.2) is 36.9 Å². The molecule has 1 aliphatic rings. The average molecular weight is 389 g/mol. The number of aromatic nitrogens is 4. The van der Waals surface area contributed by atoms with Crippen LogP contribution in [0.5, 0.6) is 5.75 Å². The van der Waals surface area contributed by atoms with Gasteiger partial charge in [0, 0.05) is 6.54 Å². The number of fused-ring (bicyclic) bond motifs is 1. The Morgan fingerprint density at radius 1 is 1.25 bits per heavy atom.